The molecule has 0 saturated carbocycles. The zero-order chi connectivity index (χ0) is 20.2. The molecule has 0 fully saturated rings. The smallest absolute Gasteiger partial charge is 0.136 e. The molecule has 3 aromatic heterocycles. The first-order valence-corrected chi connectivity index (χ1v) is 9.38. The standard InChI is InChI=1S/C21H21N5O3/c1-2-29-13-19-25-18-12-24-17-10-14(15-4-3-7-22-11-15)5-6-16(17)20(18)26(19)9-8-23-21(27)28/h3-7,10-12,23H,2,8-9,13H2,1H3,(H,27,28)/p-1. The monoisotopic (exact) mass is 390 g/mol. The summed E-state index contributed by atoms with van der Waals surface area (Å²) in [5.41, 5.74) is 4.52. The van der Waals surface area contributed by atoms with Crippen LogP contribution in [-0.4, -0.2) is 38.8 Å². The van der Waals surface area contributed by atoms with E-state index in [0.717, 1.165) is 38.9 Å². The summed E-state index contributed by atoms with van der Waals surface area (Å²) in [7, 11) is 0. The minimum Gasteiger partial charge on any atom is -0.530 e. The maximum Gasteiger partial charge on any atom is 0.136 e. The van der Waals surface area contributed by atoms with Crippen molar-refractivity contribution in [2.75, 3.05) is 13.2 Å². The summed E-state index contributed by atoms with van der Waals surface area (Å²) < 4.78 is 7.53. The first-order valence-electron chi connectivity index (χ1n) is 9.38. The number of ether oxygens (including phenoxy) is 1. The van der Waals surface area contributed by atoms with Gasteiger partial charge in [0.25, 0.3) is 0 Å². The lowest BCUT2D eigenvalue weighted by atomic mass is 10.0. The number of nitrogens with zero attached hydrogens (tertiary/aromatic N) is 4. The van der Waals surface area contributed by atoms with Gasteiger partial charge in [-0.15, -0.1) is 0 Å². The Bertz CT molecular complexity index is 1160. The number of nitrogens with one attached hydrogen (secondary N) is 1. The van der Waals surface area contributed by atoms with Crippen molar-refractivity contribution in [1.29, 1.82) is 0 Å². The summed E-state index contributed by atoms with van der Waals surface area (Å²) in [6.45, 7) is 3.45. The van der Waals surface area contributed by atoms with Crippen LogP contribution >= 0.6 is 0 Å². The van der Waals surface area contributed by atoms with Gasteiger partial charge in [0.15, 0.2) is 0 Å². The summed E-state index contributed by atoms with van der Waals surface area (Å²) in [6, 6.07) is 9.96. The molecule has 0 bridgehead atoms. The molecule has 0 aliphatic carbocycles. The van der Waals surface area contributed by atoms with Crippen LogP contribution in [0.25, 0.3) is 33.1 Å². The molecule has 0 saturated heterocycles. The van der Waals surface area contributed by atoms with Crippen LogP contribution in [0.15, 0.2) is 48.9 Å². The van der Waals surface area contributed by atoms with Crippen LogP contribution in [0.3, 0.4) is 0 Å². The number of carboxylic acid groups (broad SMARTS) is 1. The van der Waals surface area contributed by atoms with Gasteiger partial charge in [-0.3, -0.25) is 9.97 Å². The predicted octanol–water partition coefficient (Wildman–Crippen LogP) is 2.12. The Balaban J connectivity index is 1.82. The van der Waals surface area contributed by atoms with Gasteiger partial charge >= 0.3 is 0 Å². The fraction of sp³-hybridized carbons (Fsp3) is 0.238. The highest BCUT2D eigenvalue weighted by Crippen LogP contribution is 2.29. The molecule has 0 radical (unpaired) electrons. The predicted molar refractivity (Wildman–Crippen MR) is 107 cm³/mol. The van der Waals surface area contributed by atoms with E-state index in [0.29, 0.717) is 19.8 Å². The second-order valence-corrected chi connectivity index (χ2v) is 6.50. The van der Waals surface area contributed by atoms with Crippen LogP contribution in [0.5, 0.6) is 0 Å². The normalized spacial score (nSPS) is 11.2. The average Bonchev–Trinajstić information content (AvgIpc) is 3.10. The Morgan fingerprint density at radius 1 is 1.21 bits per heavy atom. The molecule has 29 heavy (non-hydrogen) atoms. The van der Waals surface area contributed by atoms with Gasteiger partial charge in [-0.25, -0.2) is 4.98 Å². The summed E-state index contributed by atoms with van der Waals surface area (Å²) in [4.78, 5) is 24.2. The molecule has 1 aromatic carbocycles. The van der Waals surface area contributed by atoms with Crippen LogP contribution in [0.1, 0.15) is 12.7 Å². The summed E-state index contributed by atoms with van der Waals surface area (Å²) in [5, 5.41) is 14.0. The first-order chi connectivity index (χ1) is 14.2. The fourth-order valence-corrected chi connectivity index (χ4v) is 3.39. The highest BCUT2D eigenvalue weighted by atomic mass is 16.5. The molecule has 0 aliphatic rings. The van der Waals surface area contributed by atoms with Gasteiger partial charge < -0.3 is 24.5 Å². The number of benzene rings is 1. The highest BCUT2D eigenvalue weighted by molar-refractivity contribution is 6.03. The van der Waals surface area contributed by atoms with Crippen molar-refractivity contribution in [3.8, 4) is 11.1 Å². The van der Waals surface area contributed by atoms with Crippen LogP contribution in [-0.2, 0) is 17.9 Å². The molecule has 0 aliphatic heterocycles. The Labute approximate surface area is 167 Å². The molecule has 0 unspecified atom stereocenters. The molecule has 1 N–H and O–H groups in total. The van der Waals surface area contributed by atoms with E-state index in [9.17, 15) is 9.90 Å². The van der Waals surface area contributed by atoms with E-state index in [4.69, 9.17) is 4.74 Å². The van der Waals surface area contributed by atoms with Crippen molar-refractivity contribution in [3.63, 3.8) is 0 Å². The second kappa shape index (κ2) is 8.24. The molecule has 8 nitrogen and oxygen atoms in total. The maximum atomic E-state index is 10.7. The summed E-state index contributed by atoms with van der Waals surface area (Å²) >= 11 is 0. The van der Waals surface area contributed by atoms with E-state index >= 15 is 0 Å². The molecule has 0 atom stereocenters. The van der Waals surface area contributed by atoms with Crippen LogP contribution in [0, 0.1) is 0 Å². The molecule has 8 heteroatoms. The molecule has 4 aromatic rings. The molecule has 4 rings (SSSR count). The average molecular weight is 390 g/mol. The van der Waals surface area contributed by atoms with E-state index in [-0.39, 0.29) is 6.54 Å². The minimum absolute atomic E-state index is 0.213. The summed E-state index contributed by atoms with van der Waals surface area (Å²) in [5.74, 6) is 0.729. The van der Waals surface area contributed by atoms with Crippen molar-refractivity contribution < 1.29 is 14.6 Å². The molecule has 1 amide bonds. The third-order valence-electron chi connectivity index (χ3n) is 4.69. The molecule has 3 heterocycles. The van der Waals surface area contributed by atoms with E-state index in [1.807, 2.05) is 48.0 Å². The van der Waals surface area contributed by atoms with Gasteiger partial charge in [-0.2, -0.15) is 0 Å². The minimum atomic E-state index is -1.30. The topological polar surface area (TPSA) is 105 Å². The lowest BCUT2D eigenvalue weighted by Gasteiger charge is -2.12. The van der Waals surface area contributed by atoms with Crippen molar-refractivity contribution in [3.05, 3.63) is 54.7 Å². The molecule has 0 spiro atoms. The van der Waals surface area contributed by atoms with Gasteiger partial charge in [-0.05, 0) is 24.6 Å². The van der Waals surface area contributed by atoms with Gasteiger partial charge in [-0.1, -0.05) is 18.2 Å². The Morgan fingerprint density at radius 3 is 2.86 bits per heavy atom. The zero-order valence-electron chi connectivity index (χ0n) is 16.0. The van der Waals surface area contributed by atoms with E-state index in [2.05, 4.69) is 20.3 Å². The van der Waals surface area contributed by atoms with E-state index in [1.165, 1.54) is 0 Å². The van der Waals surface area contributed by atoms with Crippen molar-refractivity contribution in [2.45, 2.75) is 20.1 Å². The number of pyridine rings is 2. The van der Waals surface area contributed by atoms with E-state index in [1.54, 1.807) is 12.4 Å². The van der Waals surface area contributed by atoms with Crippen LogP contribution in [0.2, 0.25) is 0 Å². The van der Waals surface area contributed by atoms with Crippen molar-refractivity contribution in [1.82, 2.24) is 24.8 Å². The number of hydrogen-bond acceptors (Lipinski definition) is 6. The number of imidazole rings is 1. The Morgan fingerprint density at radius 2 is 2.10 bits per heavy atom. The lowest BCUT2D eigenvalue weighted by molar-refractivity contribution is -0.250. The number of hydrogen-bond donors (Lipinski definition) is 1. The summed E-state index contributed by atoms with van der Waals surface area (Å²) in [6.07, 6.45) is 4.00. The van der Waals surface area contributed by atoms with Crippen molar-refractivity contribution in [2.24, 2.45) is 0 Å². The van der Waals surface area contributed by atoms with Crippen molar-refractivity contribution >= 4 is 28.0 Å². The highest BCUT2D eigenvalue weighted by Gasteiger charge is 2.15. The SMILES string of the molecule is CCOCc1nc2cnc3cc(-c4cccnc4)ccc3c2n1CCNC(=O)[O-]. The number of carbonyl (C=O) groups excluding carboxylic acids is 1. The Kier molecular flexibility index (Phi) is 5.35. The Hall–Kier alpha value is -3.52. The lowest BCUT2D eigenvalue weighted by Crippen LogP contribution is -2.38. The number of amides is 1. The van der Waals surface area contributed by atoms with Gasteiger partial charge in [0, 0.05) is 43.0 Å². The largest absolute Gasteiger partial charge is 0.530 e. The third-order valence-corrected chi connectivity index (χ3v) is 4.69. The quantitative estimate of drug-likeness (QED) is 0.518. The number of rotatable bonds is 7. The van der Waals surface area contributed by atoms with Gasteiger partial charge in [0.1, 0.15) is 24.0 Å². The second-order valence-electron chi connectivity index (χ2n) is 6.50. The number of carbonyl (C=O) groups is 1. The molecular formula is C21H20N5O3-. The fourth-order valence-electron chi connectivity index (χ4n) is 3.39. The van der Waals surface area contributed by atoms with Gasteiger partial charge in [0.2, 0.25) is 0 Å². The number of fused-ring (bicyclic) bond motifs is 3. The first kappa shape index (κ1) is 18.8. The van der Waals surface area contributed by atoms with Crippen LogP contribution in [0.4, 0.5) is 4.79 Å². The molecular weight excluding hydrogens is 370 g/mol. The third kappa shape index (κ3) is 3.88. The molecule has 148 valence electrons. The maximum absolute atomic E-state index is 10.7. The van der Waals surface area contributed by atoms with Gasteiger partial charge in [0.05, 0.1) is 17.2 Å². The van der Waals surface area contributed by atoms with Crippen LogP contribution < -0.4 is 10.4 Å². The zero-order valence-corrected chi connectivity index (χ0v) is 16.0. The van der Waals surface area contributed by atoms with E-state index < -0.39 is 6.09 Å². The number of aromatic nitrogens is 4.